The molecule has 1 unspecified atom stereocenters. The third kappa shape index (κ3) is 2.85. The number of aromatic nitrogens is 2. The molecule has 1 amide bonds. The Bertz CT molecular complexity index is 362. The van der Waals surface area contributed by atoms with Crippen molar-refractivity contribution in [3.8, 4) is 0 Å². The van der Waals surface area contributed by atoms with E-state index in [-0.39, 0.29) is 5.91 Å². The van der Waals surface area contributed by atoms with Gasteiger partial charge < -0.3 is 11.1 Å². The lowest BCUT2D eigenvalue weighted by molar-refractivity contribution is 0.0942. The molecule has 16 heavy (non-hydrogen) atoms. The van der Waals surface area contributed by atoms with E-state index in [0.29, 0.717) is 17.4 Å². The molecule has 3 N–H and O–H groups in total. The lowest BCUT2D eigenvalue weighted by Gasteiger charge is -2.09. The molecule has 1 saturated heterocycles. The first-order chi connectivity index (χ1) is 7.75. The van der Waals surface area contributed by atoms with Crippen molar-refractivity contribution in [2.24, 2.45) is 5.92 Å². The number of hydrogen-bond acceptors (Lipinski definition) is 5. The number of nitrogen functional groups attached to an aromatic ring is 1. The van der Waals surface area contributed by atoms with E-state index in [1.807, 2.05) is 11.8 Å². The number of amides is 1. The highest BCUT2D eigenvalue weighted by Gasteiger charge is 2.17. The average molecular weight is 238 g/mol. The minimum absolute atomic E-state index is 0.176. The van der Waals surface area contributed by atoms with Crippen molar-refractivity contribution in [3.05, 3.63) is 17.8 Å². The van der Waals surface area contributed by atoms with Gasteiger partial charge in [-0.1, -0.05) is 0 Å². The van der Waals surface area contributed by atoms with Gasteiger partial charge in [0.2, 0.25) is 0 Å². The Labute approximate surface area is 98.2 Å². The van der Waals surface area contributed by atoms with Gasteiger partial charge in [-0.2, -0.15) is 11.8 Å². The second-order valence-corrected chi connectivity index (χ2v) is 4.93. The highest BCUT2D eigenvalue weighted by molar-refractivity contribution is 7.99. The molecular formula is C10H14N4OS. The van der Waals surface area contributed by atoms with E-state index in [4.69, 9.17) is 5.73 Å². The Balaban J connectivity index is 1.85. The standard InChI is InChI=1S/C10H14N4OS/c11-9-2-1-8(13-14-9)10(15)12-5-7-3-4-16-6-7/h1-2,7H,3-6H2,(H2,11,14)(H,12,15). The third-order valence-electron chi connectivity index (χ3n) is 2.49. The summed E-state index contributed by atoms with van der Waals surface area (Å²) >= 11 is 1.94. The third-order valence-corrected chi connectivity index (χ3v) is 3.72. The molecule has 1 aliphatic heterocycles. The van der Waals surface area contributed by atoms with E-state index in [0.717, 1.165) is 12.3 Å². The van der Waals surface area contributed by atoms with Crippen LogP contribution in [0.3, 0.4) is 0 Å². The minimum Gasteiger partial charge on any atom is -0.382 e. The van der Waals surface area contributed by atoms with Crippen LogP contribution < -0.4 is 11.1 Å². The van der Waals surface area contributed by atoms with Gasteiger partial charge in [-0.15, -0.1) is 10.2 Å². The number of nitrogens with zero attached hydrogens (tertiary/aromatic N) is 2. The quantitative estimate of drug-likeness (QED) is 0.803. The Morgan fingerprint density at radius 1 is 1.56 bits per heavy atom. The zero-order valence-corrected chi connectivity index (χ0v) is 9.67. The van der Waals surface area contributed by atoms with Crippen LogP contribution in [-0.4, -0.2) is 34.2 Å². The van der Waals surface area contributed by atoms with Crippen molar-refractivity contribution in [3.63, 3.8) is 0 Å². The Kier molecular flexibility index (Phi) is 3.61. The molecule has 0 spiro atoms. The fourth-order valence-corrected chi connectivity index (χ4v) is 2.82. The number of carbonyl (C=O) groups excluding carboxylic acids is 1. The fraction of sp³-hybridized carbons (Fsp3) is 0.500. The van der Waals surface area contributed by atoms with Gasteiger partial charge >= 0.3 is 0 Å². The summed E-state index contributed by atoms with van der Waals surface area (Å²) in [5, 5.41) is 10.2. The van der Waals surface area contributed by atoms with Gasteiger partial charge in [-0.3, -0.25) is 4.79 Å². The minimum atomic E-state index is -0.176. The smallest absolute Gasteiger partial charge is 0.271 e. The molecule has 0 saturated carbocycles. The van der Waals surface area contributed by atoms with E-state index < -0.39 is 0 Å². The molecule has 1 aliphatic rings. The maximum atomic E-state index is 11.7. The number of hydrogen-bond donors (Lipinski definition) is 2. The maximum Gasteiger partial charge on any atom is 0.271 e. The van der Waals surface area contributed by atoms with Crippen molar-refractivity contribution in [2.75, 3.05) is 23.8 Å². The maximum absolute atomic E-state index is 11.7. The molecule has 1 atom stereocenters. The summed E-state index contributed by atoms with van der Waals surface area (Å²) in [5.74, 6) is 3.07. The second-order valence-electron chi connectivity index (χ2n) is 3.78. The summed E-state index contributed by atoms with van der Waals surface area (Å²) in [6.07, 6.45) is 1.18. The SMILES string of the molecule is Nc1ccc(C(=O)NCC2CCSC2)nn1. The van der Waals surface area contributed by atoms with Gasteiger partial charge in [-0.25, -0.2) is 0 Å². The summed E-state index contributed by atoms with van der Waals surface area (Å²) in [6, 6.07) is 3.16. The molecular weight excluding hydrogens is 224 g/mol. The van der Waals surface area contributed by atoms with Crippen LogP contribution in [0.25, 0.3) is 0 Å². The Morgan fingerprint density at radius 2 is 2.44 bits per heavy atom. The first-order valence-electron chi connectivity index (χ1n) is 5.21. The fourth-order valence-electron chi connectivity index (χ4n) is 1.54. The molecule has 0 bridgehead atoms. The monoisotopic (exact) mass is 238 g/mol. The molecule has 1 aromatic rings. The van der Waals surface area contributed by atoms with E-state index in [1.165, 1.54) is 12.2 Å². The van der Waals surface area contributed by atoms with Crippen LogP contribution in [-0.2, 0) is 0 Å². The highest BCUT2D eigenvalue weighted by atomic mass is 32.2. The van der Waals surface area contributed by atoms with Crippen molar-refractivity contribution in [1.29, 1.82) is 0 Å². The van der Waals surface area contributed by atoms with Crippen molar-refractivity contribution < 1.29 is 4.79 Å². The van der Waals surface area contributed by atoms with Gasteiger partial charge in [-0.05, 0) is 36.0 Å². The number of anilines is 1. The molecule has 1 aromatic heterocycles. The Morgan fingerprint density at radius 3 is 3.06 bits per heavy atom. The molecule has 5 nitrogen and oxygen atoms in total. The first-order valence-corrected chi connectivity index (χ1v) is 6.36. The lowest BCUT2D eigenvalue weighted by Crippen LogP contribution is -2.30. The molecule has 0 aromatic carbocycles. The summed E-state index contributed by atoms with van der Waals surface area (Å²) < 4.78 is 0. The molecule has 0 radical (unpaired) electrons. The number of nitrogens with one attached hydrogen (secondary N) is 1. The molecule has 6 heteroatoms. The highest BCUT2D eigenvalue weighted by Crippen LogP contribution is 2.22. The van der Waals surface area contributed by atoms with Gasteiger partial charge in [0.05, 0.1) is 0 Å². The van der Waals surface area contributed by atoms with Gasteiger partial charge in [0, 0.05) is 6.54 Å². The summed E-state index contributed by atoms with van der Waals surface area (Å²) in [7, 11) is 0. The van der Waals surface area contributed by atoms with Gasteiger partial charge in [0.25, 0.3) is 5.91 Å². The molecule has 0 aliphatic carbocycles. The van der Waals surface area contributed by atoms with Gasteiger partial charge in [0.1, 0.15) is 5.82 Å². The number of thioether (sulfide) groups is 1. The van der Waals surface area contributed by atoms with E-state index >= 15 is 0 Å². The van der Waals surface area contributed by atoms with Crippen LogP contribution >= 0.6 is 11.8 Å². The van der Waals surface area contributed by atoms with Crippen LogP contribution in [0, 0.1) is 5.92 Å². The normalized spacial score (nSPS) is 19.6. The van der Waals surface area contributed by atoms with Crippen molar-refractivity contribution >= 4 is 23.5 Å². The zero-order valence-electron chi connectivity index (χ0n) is 8.85. The number of carbonyl (C=O) groups is 1. The predicted octanol–water partition coefficient (Wildman–Crippen LogP) is 0.542. The van der Waals surface area contributed by atoms with E-state index in [1.54, 1.807) is 12.1 Å². The average Bonchev–Trinajstić information content (AvgIpc) is 2.80. The zero-order chi connectivity index (χ0) is 11.4. The van der Waals surface area contributed by atoms with Crippen LogP contribution in [0.4, 0.5) is 5.82 Å². The predicted molar refractivity (Wildman–Crippen MR) is 64.2 cm³/mol. The van der Waals surface area contributed by atoms with Gasteiger partial charge in [0.15, 0.2) is 5.69 Å². The van der Waals surface area contributed by atoms with Crippen LogP contribution in [0.2, 0.25) is 0 Å². The van der Waals surface area contributed by atoms with Crippen molar-refractivity contribution in [2.45, 2.75) is 6.42 Å². The molecule has 2 heterocycles. The number of nitrogens with two attached hydrogens (primary N) is 1. The van der Waals surface area contributed by atoms with Crippen LogP contribution in [0.5, 0.6) is 0 Å². The summed E-state index contributed by atoms with van der Waals surface area (Å²) in [4.78, 5) is 11.7. The second kappa shape index (κ2) is 5.16. The largest absolute Gasteiger partial charge is 0.382 e. The van der Waals surface area contributed by atoms with E-state index in [2.05, 4.69) is 15.5 Å². The molecule has 2 rings (SSSR count). The first kappa shape index (κ1) is 11.2. The number of rotatable bonds is 3. The molecule has 1 fully saturated rings. The van der Waals surface area contributed by atoms with E-state index in [9.17, 15) is 4.79 Å². The summed E-state index contributed by atoms with van der Waals surface area (Å²) in [5.41, 5.74) is 5.71. The topological polar surface area (TPSA) is 80.9 Å². The van der Waals surface area contributed by atoms with Crippen LogP contribution in [0.1, 0.15) is 16.9 Å². The Hall–Kier alpha value is -1.30. The van der Waals surface area contributed by atoms with Crippen LogP contribution in [0.15, 0.2) is 12.1 Å². The van der Waals surface area contributed by atoms with Crippen molar-refractivity contribution in [1.82, 2.24) is 15.5 Å². The molecule has 86 valence electrons. The summed E-state index contributed by atoms with van der Waals surface area (Å²) in [6.45, 7) is 0.720. The lowest BCUT2D eigenvalue weighted by atomic mass is 10.1.